The first kappa shape index (κ1) is 10.4. The summed E-state index contributed by atoms with van der Waals surface area (Å²) in [5, 5.41) is 10.6. The van der Waals surface area contributed by atoms with Crippen LogP contribution < -0.4 is 0 Å². The molecule has 14 heavy (non-hydrogen) atoms. The number of rotatable bonds is 2. The van der Waals surface area contributed by atoms with Gasteiger partial charge in [0.25, 0.3) is 0 Å². The van der Waals surface area contributed by atoms with Crippen LogP contribution in [0, 0.1) is 11.8 Å². The summed E-state index contributed by atoms with van der Waals surface area (Å²) in [5.74, 6) is 1.27. The molecule has 2 nitrogen and oxygen atoms in total. The Labute approximate surface area is 86.6 Å². The number of aliphatic hydroxyl groups is 1. The summed E-state index contributed by atoms with van der Waals surface area (Å²) in [7, 11) is 0. The van der Waals surface area contributed by atoms with Crippen LogP contribution in [0.5, 0.6) is 0 Å². The Balaban J connectivity index is 1.94. The van der Waals surface area contributed by atoms with Crippen LogP contribution in [0.15, 0.2) is 0 Å². The van der Waals surface area contributed by atoms with E-state index in [1.165, 1.54) is 12.8 Å². The molecular formula is C12H22O2. The van der Waals surface area contributed by atoms with Crippen LogP contribution in [0.3, 0.4) is 0 Å². The van der Waals surface area contributed by atoms with Crippen molar-refractivity contribution in [3.05, 3.63) is 0 Å². The standard InChI is InChI=1S/C12H22O2/c1-2-10-3-6-12(13,9-10)11-4-7-14-8-5-11/h10-11,13H,2-9H2,1H3. The van der Waals surface area contributed by atoms with E-state index in [0.717, 1.165) is 44.8 Å². The van der Waals surface area contributed by atoms with Gasteiger partial charge in [0.2, 0.25) is 0 Å². The van der Waals surface area contributed by atoms with E-state index in [2.05, 4.69) is 6.92 Å². The van der Waals surface area contributed by atoms with Gasteiger partial charge in [-0.1, -0.05) is 13.3 Å². The first-order chi connectivity index (χ1) is 6.74. The summed E-state index contributed by atoms with van der Waals surface area (Å²) in [4.78, 5) is 0. The van der Waals surface area contributed by atoms with Crippen molar-refractivity contribution in [3.63, 3.8) is 0 Å². The van der Waals surface area contributed by atoms with Crippen molar-refractivity contribution >= 4 is 0 Å². The molecule has 82 valence electrons. The maximum Gasteiger partial charge on any atom is 0.0680 e. The molecule has 0 bridgehead atoms. The maximum absolute atomic E-state index is 10.6. The largest absolute Gasteiger partial charge is 0.390 e. The Kier molecular flexibility index (Phi) is 3.13. The van der Waals surface area contributed by atoms with Gasteiger partial charge >= 0.3 is 0 Å². The van der Waals surface area contributed by atoms with Crippen molar-refractivity contribution in [2.75, 3.05) is 13.2 Å². The third-order valence-electron chi connectivity index (χ3n) is 4.19. The first-order valence-electron chi connectivity index (χ1n) is 6.05. The van der Waals surface area contributed by atoms with Crippen molar-refractivity contribution in [1.29, 1.82) is 0 Å². The Morgan fingerprint density at radius 3 is 2.57 bits per heavy atom. The minimum atomic E-state index is -0.343. The van der Waals surface area contributed by atoms with Crippen LogP contribution in [-0.2, 0) is 4.74 Å². The predicted molar refractivity (Wildman–Crippen MR) is 56.1 cm³/mol. The summed E-state index contributed by atoms with van der Waals surface area (Å²) in [6.45, 7) is 3.94. The summed E-state index contributed by atoms with van der Waals surface area (Å²) < 4.78 is 5.35. The average Bonchev–Trinajstić information content (AvgIpc) is 2.63. The molecule has 1 aliphatic heterocycles. The second-order valence-corrected chi connectivity index (χ2v) is 5.01. The van der Waals surface area contributed by atoms with E-state index in [9.17, 15) is 5.11 Å². The molecule has 0 spiro atoms. The molecule has 0 aromatic rings. The molecule has 0 amide bonds. The van der Waals surface area contributed by atoms with E-state index in [1.807, 2.05) is 0 Å². The van der Waals surface area contributed by atoms with Crippen LogP contribution in [0.1, 0.15) is 45.4 Å². The van der Waals surface area contributed by atoms with Crippen molar-refractivity contribution < 1.29 is 9.84 Å². The normalized spacial score (nSPS) is 40.3. The van der Waals surface area contributed by atoms with Gasteiger partial charge in [0.05, 0.1) is 5.60 Å². The molecule has 1 aliphatic carbocycles. The Morgan fingerprint density at radius 2 is 2.00 bits per heavy atom. The zero-order chi connectivity index (χ0) is 10.0. The molecule has 2 aliphatic rings. The fourth-order valence-electron chi connectivity index (χ4n) is 3.11. The predicted octanol–water partition coefficient (Wildman–Crippen LogP) is 2.35. The summed E-state index contributed by atoms with van der Waals surface area (Å²) >= 11 is 0. The van der Waals surface area contributed by atoms with Crippen molar-refractivity contribution in [2.45, 2.75) is 51.0 Å². The van der Waals surface area contributed by atoms with Crippen molar-refractivity contribution in [1.82, 2.24) is 0 Å². The monoisotopic (exact) mass is 198 g/mol. The van der Waals surface area contributed by atoms with E-state index in [-0.39, 0.29) is 5.60 Å². The van der Waals surface area contributed by atoms with Gasteiger partial charge in [-0.15, -0.1) is 0 Å². The smallest absolute Gasteiger partial charge is 0.0680 e. The molecule has 2 heteroatoms. The quantitative estimate of drug-likeness (QED) is 0.738. The Hall–Kier alpha value is -0.0800. The van der Waals surface area contributed by atoms with Gasteiger partial charge in [-0.2, -0.15) is 0 Å². The SMILES string of the molecule is CCC1CCC(O)(C2CCOCC2)C1. The van der Waals surface area contributed by atoms with Crippen LogP contribution in [0.4, 0.5) is 0 Å². The summed E-state index contributed by atoms with van der Waals surface area (Å²) in [6, 6.07) is 0. The molecule has 1 N–H and O–H groups in total. The third-order valence-corrected chi connectivity index (χ3v) is 4.19. The first-order valence-corrected chi connectivity index (χ1v) is 6.05. The van der Waals surface area contributed by atoms with Gasteiger partial charge in [0.15, 0.2) is 0 Å². The number of hydrogen-bond acceptors (Lipinski definition) is 2. The van der Waals surface area contributed by atoms with E-state index in [0.29, 0.717) is 5.92 Å². The molecular weight excluding hydrogens is 176 g/mol. The number of hydrogen-bond donors (Lipinski definition) is 1. The molecule has 0 aromatic carbocycles. The van der Waals surface area contributed by atoms with E-state index < -0.39 is 0 Å². The molecule has 1 heterocycles. The van der Waals surface area contributed by atoms with E-state index in [4.69, 9.17) is 4.74 Å². The fourth-order valence-corrected chi connectivity index (χ4v) is 3.11. The molecule has 2 atom stereocenters. The minimum absolute atomic E-state index is 0.343. The topological polar surface area (TPSA) is 29.5 Å². The van der Waals surface area contributed by atoms with Crippen LogP contribution in [-0.4, -0.2) is 23.9 Å². The molecule has 1 saturated carbocycles. The van der Waals surface area contributed by atoms with Gasteiger partial charge in [-0.05, 0) is 43.9 Å². The molecule has 1 saturated heterocycles. The number of ether oxygens (including phenoxy) is 1. The maximum atomic E-state index is 10.6. The summed E-state index contributed by atoms with van der Waals surface area (Å²) in [6.07, 6.45) is 6.64. The highest BCUT2D eigenvalue weighted by Crippen LogP contribution is 2.44. The molecule has 2 rings (SSSR count). The van der Waals surface area contributed by atoms with Gasteiger partial charge in [-0.3, -0.25) is 0 Å². The van der Waals surface area contributed by atoms with Gasteiger partial charge in [-0.25, -0.2) is 0 Å². The van der Waals surface area contributed by atoms with Crippen LogP contribution >= 0.6 is 0 Å². The molecule has 0 radical (unpaired) electrons. The minimum Gasteiger partial charge on any atom is -0.390 e. The lowest BCUT2D eigenvalue weighted by molar-refractivity contribution is -0.0631. The fraction of sp³-hybridized carbons (Fsp3) is 1.00. The lowest BCUT2D eigenvalue weighted by Crippen LogP contribution is -2.38. The molecule has 2 unspecified atom stereocenters. The highest BCUT2D eigenvalue weighted by atomic mass is 16.5. The van der Waals surface area contributed by atoms with Crippen LogP contribution in [0.2, 0.25) is 0 Å². The molecule has 0 aromatic heterocycles. The zero-order valence-corrected chi connectivity index (χ0v) is 9.17. The van der Waals surface area contributed by atoms with E-state index >= 15 is 0 Å². The zero-order valence-electron chi connectivity index (χ0n) is 9.17. The van der Waals surface area contributed by atoms with Crippen molar-refractivity contribution in [3.8, 4) is 0 Å². The Bertz CT molecular complexity index is 187. The van der Waals surface area contributed by atoms with Gasteiger partial charge < -0.3 is 9.84 Å². The summed E-state index contributed by atoms with van der Waals surface area (Å²) in [5.41, 5.74) is -0.343. The lowest BCUT2D eigenvalue weighted by Gasteiger charge is -2.35. The van der Waals surface area contributed by atoms with Crippen LogP contribution in [0.25, 0.3) is 0 Å². The lowest BCUT2D eigenvalue weighted by atomic mass is 9.80. The van der Waals surface area contributed by atoms with E-state index in [1.54, 1.807) is 0 Å². The molecule has 2 fully saturated rings. The second-order valence-electron chi connectivity index (χ2n) is 5.01. The van der Waals surface area contributed by atoms with Gasteiger partial charge in [0.1, 0.15) is 0 Å². The van der Waals surface area contributed by atoms with Crippen molar-refractivity contribution in [2.24, 2.45) is 11.8 Å². The third kappa shape index (κ3) is 1.96. The van der Waals surface area contributed by atoms with Gasteiger partial charge in [0, 0.05) is 13.2 Å². The second kappa shape index (κ2) is 4.19. The Morgan fingerprint density at radius 1 is 1.29 bits per heavy atom. The average molecular weight is 198 g/mol. The highest BCUT2D eigenvalue weighted by Gasteiger charge is 2.43. The highest BCUT2D eigenvalue weighted by molar-refractivity contribution is 4.94.